The quantitative estimate of drug-likeness (QED) is 0.503. The van der Waals surface area contributed by atoms with Gasteiger partial charge in [-0.2, -0.15) is 9.67 Å². The summed E-state index contributed by atoms with van der Waals surface area (Å²) >= 11 is 0. The number of nitrogen functional groups attached to an aromatic ring is 1. The van der Waals surface area contributed by atoms with Gasteiger partial charge in [0.1, 0.15) is 22.5 Å². The molecular weight excluding hydrogens is 382 g/mol. The number of anilines is 1. The first-order valence-electron chi connectivity index (χ1n) is 10.1. The van der Waals surface area contributed by atoms with E-state index in [0.717, 1.165) is 42.2 Å². The van der Waals surface area contributed by atoms with Crippen LogP contribution in [0.15, 0.2) is 47.1 Å². The zero-order valence-corrected chi connectivity index (χ0v) is 16.5. The first kappa shape index (κ1) is 18.6. The highest BCUT2D eigenvalue weighted by atomic mass is 16.5. The normalized spacial score (nSPS) is 14.9. The van der Waals surface area contributed by atoms with Crippen LogP contribution in [0.4, 0.5) is 5.95 Å². The molecule has 0 spiro atoms. The van der Waals surface area contributed by atoms with Gasteiger partial charge < -0.3 is 20.2 Å². The first-order valence-corrected chi connectivity index (χ1v) is 10.1. The number of nitrogens with one attached hydrogen (secondary N) is 1. The molecule has 1 aliphatic heterocycles. The van der Waals surface area contributed by atoms with Crippen molar-refractivity contribution in [3.63, 3.8) is 0 Å². The Morgan fingerprint density at radius 3 is 2.90 bits per heavy atom. The Hall–Kier alpha value is -3.46. The summed E-state index contributed by atoms with van der Waals surface area (Å²) in [5, 5.41) is 11.9. The van der Waals surface area contributed by atoms with Crippen LogP contribution in [0.5, 0.6) is 5.75 Å². The minimum Gasteiger partial charge on any atom is -0.494 e. The number of hydrogen-bond acceptors (Lipinski definition) is 8. The molecule has 4 aromatic rings. The predicted octanol–water partition coefficient (Wildman–Crippen LogP) is 2.82. The van der Waals surface area contributed by atoms with Gasteiger partial charge in [-0.25, -0.2) is 4.98 Å². The first-order chi connectivity index (χ1) is 14.8. The van der Waals surface area contributed by atoms with Crippen molar-refractivity contribution < 1.29 is 9.15 Å². The number of rotatable bonds is 6. The second-order valence-corrected chi connectivity index (χ2v) is 7.43. The summed E-state index contributed by atoms with van der Waals surface area (Å²) in [6.45, 7) is 2.90. The van der Waals surface area contributed by atoms with Gasteiger partial charge in [-0.05, 0) is 62.5 Å². The van der Waals surface area contributed by atoms with E-state index < -0.39 is 0 Å². The highest BCUT2D eigenvalue weighted by Gasteiger charge is 2.15. The third kappa shape index (κ3) is 3.84. The summed E-state index contributed by atoms with van der Waals surface area (Å²) in [6.07, 6.45) is 5.08. The fourth-order valence-corrected chi connectivity index (χ4v) is 3.78. The van der Waals surface area contributed by atoms with E-state index in [1.54, 1.807) is 23.1 Å². The lowest BCUT2D eigenvalue weighted by atomic mass is 9.95. The van der Waals surface area contributed by atoms with E-state index in [1.807, 2.05) is 24.3 Å². The summed E-state index contributed by atoms with van der Waals surface area (Å²) in [5.41, 5.74) is 8.05. The van der Waals surface area contributed by atoms with Crippen LogP contribution in [0.1, 0.15) is 19.3 Å². The van der Waals surface area contributed by atoms with Crippen LogP contribution in [-0.2, 0) is 0 Å². The number of fused-ring (bicyclic) bond motifs is 1. The van der Waals surface area contributed by atoms with Crippen molar-refractivity contribution in [1.29, 1.82) is 0 Å². The van der Waals surface area contributed by atoms with Crippen LogP contribution in [0, 0.1) is 5.92 Å². The van der Waals surface area contributed by atoms with Crippen LogP contribution in [0.2, 0.25) is 0 Å². The molecule has 0 aliphatic carbocycles. The average Bonchev–Trinajstić information content (AvgIpc) is 3.44. The molecule has 0 amide bonds. The molecule has 1 saturated heterocycles. The topological polar surface area (TPSA) is 117 Å². The van der Waals surface area contributed by atoms with Gasteiger partial charge in [-0.3, -0.25) is 0 Å². The summed E-state index contributed by atoms with van der Waals surface area (Å²) in [6, 6.07) is 11.1. The number of furan rings is 1. The monoisotopic (exact) mass is 405 g/mol. The SMILES string of the molecule is Nc1nc(-c2ccco2)cc(-n2nnc3ccc(OCCC4CCNCC4)cc32)n1. The van der Waals surface area contributed by atoms with E-state index in [4.69, 9.17) is 14.9 Å². The molecule has 1 aliphatic rings. The molecule has 9 heteroatoms. The number of piperidine rings is 1. The van der Waals surface area contributed by atoms with Crippen molar-refractivity contribution in [3.05, 3.63) is 42.7 Å². The van der Waals surface area contributed by atoms with Crippen molar-refractivity contribution in [2.45, 2.75) is 19.3 Å². The van der Waals surface area contributed by atoms with Gasteiger partial charge in [-0.1, -0.05) is 5.21 Å². The van der Waals surface area contributed by atoms with Crippen LogP contribution < -0.4 is 15.8 Å². The molecule has 9 nitrogen and oxygen atoms in total. The van der Waals surface area contributed by atoms with E-state index in [9.17, 15) is 0 Å². The third-order valence-electron chi connectivity index (χ3n) is 5.39. The Labute approximate surface area is 173 Å². The van der Waals surface area contributed by atoms with E-state index >= 15 is 0 Å². The average molecular weight is 405 g/mol. The molecule has 1 aromatic carbocycles. The lowest BCUT2D eigenvalue weighted by Crippen LogP contribution is -2.28. The van der Waals surface area contributed by atoms with E-state index in [0.29, 0.717) is 23.9 Å². The van der Waals surface area contributed by atoms with Crippen molar-refractivity contribution >= 4 is 17.0 Å². The van der Waals surface area contributed by atoms with Gasteiger partial charge in [0, 0.05) is 12.1 Å². The highest BCUT2D eigenvalue weighted by Crippen LogP contribution is 2.25. The summed E-state index contributed by atoms with van der Waals surface area (Å²) in [5.74, 6) is 2.77. The molecule has 1 fully saturated rings. The molecule has 4 heterocycles. The maximum atomic E-state index is 6.02. The van der Waals surface area contributed by atoms with Gasteiger partial charge in [0.25, 0.3) is 0 Å². The van der Waals surface area contributed by atoms with Crippen molar-refractivity contribution in [1.82, 2.24) is 30.3 Å². The molecule has 0 saturated carbocycles. The molecule has 154 valence electrons. The minimum atomic E-state index is 0.136. The summed E-state index contributed by atoms with van der Waals surface area (Å²) < 4.78 is 13.1. The smallest absolute Gasteiger partial charge is 0.222 e. The van der Waals surface area contributed by atoms with Crippen LogP contribution in [-0.4, -0.2) is 44.7 Å². The number of ether oxygens (including phenoxy) is 1. The second-order valence-electron chi connectivity index (χ2n) is 7.43. The van der Waals surface area contributed by atoms with Crippen LogP contribution in [0.25, 0.3) is 28.3 Å². The molecule has 5 rings (SSSR count). The Bertz CT molecular complexity index is 1130. The fourth-order valence-electron chi connectivity index (χ4n) is 3.78. The number of aromatic nitrogens is 5. The Morgan fingerprint density at radius 1 is 1.17 bits per heavy atom. The molecule has 30 heavy (non-hydrogen) atoms. The Balaban J connectivity index is 1.39. The molecular formula is C21H23N7O2. The standard InChI is InChI=1S/C21H23N7O2/c22-21-24-17(19-2-1-10-30-19)13-20(25-21)28-18-12-15(3-4-16(18)26-27-28)29-11-7-14-5-8-23-9-6-14/h1-4,10,12-14,23H,5-9,11H2,(H2,22,24,25). The Kier molecular flexibility index (Phi) is 5.02. The molecule has 3 aromatic heterocycles. The maximum absolute atomic E-state index is 6.02. The second kappa shape index (κ2) is 8.11. The lowest BCUT2D eigenvalue weighted by molar-refractivity contribution is 0.252. The molecule has 0 atom stereocenters. The molecule has 3 N–H and O–H groups in total. The fraction of sp³-hybridized carbons (Fsp3) is 0.333. The van der Waals surface area contributed by atoms with Gasteiger partial charge in [0.2, 0.25) is 5.95 Å². The molecule has 0 radical (unpaired) electrons. The number of benzene rings is 1. The zero-order valence-electron chi connectivity index (χ0n) is 16.5. The lowest BCUT2D eigenvalue weighted by Gasteiger charge is -2.22. The van der Waals surface area contributed by atoms with E-state index in [2.05, 4.69) is 25.6 Å². The number of hydrogen-bond donors (Lipinski definition) is 2. The third-order valence-corrected chi connectivity index (χ3v) is 5.39. The van der Waals surface area contributed by atoms with E-state index in [1.165, 1.54) is 12.8 Å². The van der Waals surface area contributed by atoms with Gasteiger partial charge in [-0.15, -0.1) is 5.10 Å². The van der Waals surface area contributed by atoms with E-state index in [-0.39, 0.29) is 5.95 Å². The minimum absolute atomic E-state index is 0.136. The maximum Gasteiger partial charge on any atom is 0.222 e. The molecule has 0 bridgehead atoms. The summed E-state index contributed by atoms with van der Waals surface area (Å²) in [7, 11) is 0. The zero-order chi connectivity index (χ0) is 20.3. The predicted molar refractivity (Wildman–Crippen MR) is 112 cm³/mol. The summed E-state index contributed by atoms with van der Waals surface area (Å²) in [4.78, 5) is 8.58. The van der Waals surface area contributed by atoms with Gasteiger partial charge >= 0.3 is 0 Å². The van der Waals surface area contributed by atoms with Gasteiger partial charge in [0.05, 0.1) is 12.9 Å². The van der Waals surface area contributed by atoms with Crippen LogP contribution >= 0.6 is 0 Å². The number of nitrogens with zero attached hydrogens (tertiary/aromatic N) is 5. The highest BCUT2D eigenvalue weighted by molar-refractivity contribution is 5.77. The number of nitrogens with two attached hydrogens (primary N) is 1. The van der Waals surface area contributed by atoms with Crippen molar-refractivity contribution in [2.24, 2.45) is 5.92 Å². The van der Waals surface area contributed by atoms with Crippen molar-refractivity contribution in [2.75, 3.05) is 25.4 Å². The van der Waals surface area contributed by atoms with Crippen molar-refractivity contribution in [3.8, 4) is 23.0 Å². The van der Waals surface area contributed by atoms with Crippen LogP contribution in [0.3, 0.4) is 0 Å². The Morgan fingerprint density at radius 2 is 2.07 bits per heavy atom. The van der Waals surface area contributed by atoms with Gasteiger partial charge in [0.15, 0.2) is 11.6 Å². The largest absolute Gasteiger partial charge is 0.494 e. The molecule has 0 unspecified atom stereocenters.